The van der Waals surface area contributed by atoms with Gasteiger partial charge in [0.25, 0.3) is 0 Å². The number of halogens is 1. The van der Waals surface area contributed by atoms with Crippen LogP contribution in [0.4, 0.5) is 0 Å². The maximum Gasteiger partial charge on any atom is 0.246 e. The Morgan fingerprint density at radius 1 is 1.19 bits per heavy atom. The van der Waals surface area contributed by atoms with Gasteiger partial charge in [0.1, 0.15) is 5.75 Å². The van der Waals surface area contributed by atoms with Gasteiger partial charge < -0.3 is 14.2 Å². The van der Waals surface area contributed by atoms with Gasteiger partial charge in [-0.1, -0.05) is 17.7 Å². The SMILES string of the molecule is Cc1c(Cl)cccc1S(=O)(=O)N1CCC[C@@H]1Oc1ccc2c(c1)OCO2. The molecule has 1 atom stereocenters. The van der Waals surface area contributed by atoms with Crippen molar-refractivity contribution in [2.45, 2.75) is 30.9 Å². The number of hydrogen-bond acceptors (Lipinski definition) is 5. The Hall–Kier alpha value is -1.96. The molecule has 1 saturated heterocycles. The Kier molecular flexibility index (Phi) is 4.46. The zero-order valence-electron chi connectivity index (χ0n) is 14.1. The lowest BCUT2D eigenvalue weighted by molar-refractivity contribution is 0.120. The lowest BCUT2D eigenvalue weighted by Crippen LogP contribution is -2.39. The van der Waals surface area contributed by atoms with Crippen LogP contribution in [0.1, 0.15) is 18.4 Å². The number of hydrogen-bond donors (Lipinski definition) is 0. The minimum absolute atomic E-state index is 0.177. The first-order chi connectivity index (χ1) is 12.5. The van der Waals surface area contributed by atoms with E-state index < -0.39 is 16.3 Å². The molecule has 0 radical (unpaired) electrons. The molecule has 8 heteroatoms. The van der Waals surface area contributed by atoms with E-state index in [4.69, 9.17) is 25.8 Å². The summed E-state index contributed by atoms with van der Waals surface area (Å²) in [6, 6.07) is 10.1. The maximum absolute atomic E-state index is 13.1. The molecule has 0 amide bonds. The fourth-order valence-electron chi connectivity index (χ4n) is 3.20. The molecule has 26 heavy (non-hydrogen) atoms. The molecule has 0 bridgehead atoms. The van der Waals surface area contributed by atoms with Crippen molar-refractivity contribution in [1.29, 1.82) is 0 Å². The molecule has 4 rings (SSSR count). The van der Waals surface area contributed by atoms with Crippen LogP contribution in [0.2, 0.25) is 5.02 Å². The highest BCUT2D eigenvalue weighted by Crippen LogP contribution is 2.37. The monoisotopic (exact) mass is 395 g/mol. The van der Waals surface area contributed by atoms with E-state index >= 15 is 0 Å². The second kappa shape index (κ2) is 6.64. The fraction of sp³-hybridized carbons (Fsp3) is 0.333. The summed E-state index contributed by atoms with van der Waals surface area (Å²) in [5, 5.41) is 0.429. The van der Waals surface area contributed by atoms with E-state index in [0.717, 1.165) is 6.42 Å². The molecule has 2 aliphatic heterocycles. The highest BCUT2D eigenvalue weighted by molar-refractivity contribution is 7.89. The van der Waals surface area contributed by atoms with E-state index in [9.17, 15) is 8.42 Å². The Bertz CT molecular complexity index is 947. The van der Waals surface area contributed by atoms with Gasteiger partial charge in [0.15, 0.2) is 17.7 Å². The van der Waals surface area contributed by atoms with Gasteiger partial charge in [-0.05, 0) is 43.2 Å². The fourth-order valence-corrected chi connectivity index (χ4v) is 5.26. The maximum atomic E-state index is 13.1. The molecule has 2 heterocycles. The lowest BCUT2D eigenvalue weighted by Gasteiger charge is -2.25. The van der Waals surface area contributed by atoms with Crippen molar-refractivity contribution in [2.75, 3.05) is 13.3 Å². The average molecular weight is 396 g/mol. The quantitative estimate of drug-likeness (QED) is 0.791. The number of nitrogens with zero attached hydrogens (tertiary/aromatic N) is 1. The zero-order chi connectivity index (χ0) is 18.3. The third-order valence-electron chi connectivity index (χ3n) is 4.57. The second-order valence-corrected chi connectivity index (χ2v) is 8.47. The van der Waals surface area contributed by atoms with Crippen LogP contribution in [0, 0.1) is 6.92 Å². The first-order valence-electron chi connectivity index (χ1n) is 8.30. The number of ether oxygens (including phenoxy) is 3. The molecule has 0 spiro atoms. The van der Waals surface area contributed by atoms with Gasteiger partial charge in [-0.25, -0.2) is 8.42 Å². The summed E-state index contributed by atoms with van der Waals surface area (Å²) in [5.41, 5.74) is 0.544. The first-order valence-corrected chi connectivity index (χ1v) is 10.1. The van der Waals surface area contributed by atoms with Crippen molar-refractivity contribution in [3.63, 3.8) is 0 Å². The summed E-state index contributed by atoms with van der Waals surface area (Å²) in [7, 11) is -3.70. The molecule has 138 valence electrons. The number of fused-ring (bicyclic) bond motifs is 1. The van der Waals surface area contributed by atoms with Gasteiger partial charge in [-0.2, -0.15) is 4.31 Å². The van der Waals surface area contributed by atoms with Gasteiger partial charge >= 0.3 is 0 Å². The standard InChI is InChI=1S/C18H18ClNO5S/c1-12-14(19)4-2-5-17(12)26(21,22)20-9-3-6-18(20)25-13-7-8-15-16(10-13)24-11-23-15/h2,4-5,7-8,10,18H,3,6,9,11H2,1H3/t18-/m0/s1. The third kappa shape index (κ3) is 3.00. The largest absolute Gasteiger partial charge is 0.474 e. The number of benzene rings is 2. The minimum atomic E-state index is -3.70. The molecule has 6 nitrogen and oxygen atoms in total. The van der Waals surface area contributed by atoms with E-state index in [1.165, 1.54) is 4.31 Å². The highest BCUT2D eigenvalue weighted by atomic mass is 35.5. The van der Waals surface area contributed by atoms with Crippen molar-refractivity contribution >= 4 is 21.6 Å². The van der Waals surface area contributed by atoms with E-state index in [1.807, 2.05) is 0 Å². The van der Waals surface area contributed by atoms with Crippen LogP contribution in [0.5, 0.6) is 17.2 Å². The predicted octanol–water partition coefficient (Wildman–Crippen LogP) is 3.57. The van der Waals surface area contributed by atoms with Gasteiger partial charge in [-0.3, -0.25) is 0 Å². The van der Waals surface area contributed by atoms with Crippen molar-refractivity contribution in [3.05, 3.63) is 47.0 Å². The van der Waals surface area contributed by atoms with E-state index in [-0.39, 0.29) is 11.7 Å². The van der Waals surface area contributed by atoms with Crippen LogP contribution in [-0.2, 0) is 10.0 Å². The van der Waals surface area contributed by atoms with Crippen molar-refractivity contribution in [2.24, 2.45) is 0 Å². The predicted molar refractivity (Wildman–Crippen MR) is 96.3 cm³/mol. The summed E-state index contributed by atoms with van der Waals surface area (Å²) >= 11 is 6.11. The molecule has 0 N–H and O–H groups in total. The Balaban J connectivity index is 1.61. The van der Waals surface area contributed by atoms with Crippen molar-refractivity contribution in [3.8, 4) is 17.2 Å². The van der Waals surface area contributed by atoms with Crippen LogP contribution in [0.25, 0.3) is 0 Å². The van der Waals surface area contributed by atoms with Crippen LogP contribution < -0.4 is 14.2 Å². The molecule has 1 fully saturated rings. The number of rotatable bonds is 4. The minimum Gasteiger partial charge on any atom is -0.474 e. The van der Waals surface area contributed by atoms with E-state index in [1.54, 1.807) is 43.3 Å². The zero-order valence-corrected chi connectivity index (χ0v) is 15.7. The molecule has 0 unspecified atom stereocenters. The van der Waals surface area contributed by atoms with E-state index in [2.05, 4.69) is 0 Å². The molecule has 2 aromatic carbocycles. The normalized spacial score (nSPS) is 19.7. The smallest absolute Gasteiger partial charge is 0.246 e. The lowest BCUT2D eigenvalue weighted by atomic mass is 10.2. The average Bonchev–Trinajstić information content (AvgIpc) is 3.26. The summed E-state index contributed by atoms with van der Waals surface area (Å²) < 4.78 is 44.3. The second-order valence-electron chi connectivity index (χ2n) is 6.21. The molecular weight excluding hydrogens is 378 g/mol. The van der Waals surface area contributed by atoms with Crippen molar-refractivity contribution < 1.29 is 22.6 Å². The summed E-state index contributed by atoms with van der Waals surface area (Å²) in [6.45, 7) is 2.29. The highest BCUT2D eigenvalue weighted by Gasteiger charge is 2.38. The van der Waals surface area contributed by atoms with Crippen molar-refractivity contribution in [1.82, 2.24) is 4.31 Å². The molecule has 0 aliphatic carbocycles. The van der Waals surface area contributed by atoms with Gasteiger partial charge in [0.2, 0.25) is 16.8 Å². The van der Waals surface area contributed by atoms with Crippen LogP contribution in [-0.4, -0.2) is 32.3 Å². The molecule has 0 aromatic heterocycles. The van der Waals surface area contributed by atoms with Crippen LogP contribution in [0.15, 0.2) is 41.3 Å². The Morgan fingerprint density at radius 2 is 2.00 bits per heavy atom. The molecular formula is C18H18ClNO5S. The van der Waals surface area contributed by atoms with Gasteiger partial charge in [-0.15, -0.1) is 0 Å². The summed E-state index contributed by atoms with van der Waals surface area (Å²) in [4.78, 5) is 0.214. The summed E-state index contributed by atoms with van der Waals surface area (Å²) in [6.07, 6.45) is 0.778. The van der Waals surface area contributed by atoms with Gasteiger partial charge in [0, 0.05) is 24.1 Å². The molecule has 0 saturated carbocycles. The molecule has 2 aliphatic rings. The number of sulfonamides is 1. The van der Waals surface area contributed by atoms with Crippen LogP contribution >= 0.6 is 11.6 Å². The van der Waals surface area contributed by atoms with E-state index in [0.29, 0.717) is 40.8 Å². The molecule has 2 aromatic rings. The van der Waals surface area contributed by atoms with Crippen LogP contribution in [0.3, 0.4) is 0 Å². The third-order valence-corrected chi connectivity index (χ3v) is 7.01. The Labute approximate surface area is 157 Å². The van der Waals surface area contributed by atoms with Gasteiger partial charge in [0.05, 0.1) is 4.90 Å². The first kappa shape index (κ1) is 17.5. The topological polar surface area (TPSA) is 65.1 Å². The Morgan fingerprint density at radius 3 is 2.85 bits per heavy atom. The summed E-state index contributed by atoms with van der Waals surface area (Å²) in [5.74, 6) is 1.80.